The summed E-state index contributed by atoms with van der Waals surface area (Å²) in [6.45, 7) is 5.07. The Hall–Kier alpha value is -2.43. The molecular weight excluding hydrogens is 481 g/mol. The molecule has 0 heterocycles. The first-order chi connectivity index (χ1) is 16.1. The number of hydrogen-bond acceptors (Lipinski definition) is 4. The van der Waals surface area contributed by atoms with Gasteiger partial charge in [0.2, 0.25) is 15.9 Å². The average molecular weight is 513 g/mol. The smallest absolute Gasteiger partial charge is 0.388 e. The highest BCUT2D eigenvalue weighted by molar-refractivity contribution is 7.89. The van der Waals surface area contributed by atoms with E-state index in [0.29, 0.717) is 25.7 Å². The molecule has 1 fully saturated rings. The SMILES string of the molecule is CC1(C(=O)N[C@@H](c2ccccc2)C(C)(C)O)CCC(NS(=O)(=O)c2ccc(C(F)(F)F)cc2)CC1. The van der Waals surface area contributed by atoms with Crippen LogP contribution >= 0.6 is 0 Å². The predicted octanol–water partition coefficient (Wildman–Crippen LogP) is 4.56. The Morgan fingerprint density at radius 2 is 1.57 bits per heavy atom. The maximum absolute atomic E-state index is 13.2. The van der Waals surface area contributed by atoms with E-state index >= 15 is 0 Å². The topological polar surface area (TPSA) is 95.5 Å². The zero-order valence-corrected chi connectivity index (χ0v) is 20.7. The number of sulfonamides is 1. The van der Waals surface area contributed by atoms with Gasteiger partial charge in [0.05, 0.1) is 22.1 Å². The zero-order valence-electron chi connectivity index (χ0n) is 19.9. The van der Waals surface area contributed by atoms with Crippen LogP contribution in [0.15, 0.2) is 59.5 Å². The van der Waals surface area contributed by atoms with Crippen LogP contribution in [0.5, 0.6) is 0 Å². The molecule has 1 aliphatic carbocycles. The lowest BCUT2D eigenvalue weighted by Gasteiger charge is -2.39. The normalized spacial score (nSPS) is 22.4. The lowest BCUT2D eigenvalue weighted by atomic mass is 9.73. The standard InChI is InChI=1S/C25H31F3N2O4S/c1-23(2,32)21(17-7-5-4-6-8-17)29-22(31)24(3)15-13-19(14-16-24)30-35(33,34)20-11-9-18(10-12-20)25(26,27)28/h4-12,19,21,30,32H,13-16H2,1-3H3,(H,29,31)/t19?,21-,24?/m0/s1. The molecule has 1 aliphatic rings. The molecule has 2 aromatic rings. The molecular formula is C25H31F3N2O4S. The Labute approximate surface area is 204 Å². The number of carbonyl (C=O) groups excluding carboxylic acids is 1. The molecule has 6 nitrogen and oxygen atoms in total. The van der Waals surface area contributed by atoms with E-state index < -0.39 is 44.9 Å². The Balaban J connectivity index is 1.64. The van der Waals surface area contributed by atoms with Gasteiger partial charge in [-0.05, 0) is 69.4 Å². The van der Waals surface area contributed by atoms with Gasteiger partial charge < -0.3 is 10.4 Å². The van der Waals surface area contributed by atoms with Gasteiger partial charge in [0.25, 0.3) is 0 Å². The van der Waals surface area contributed by atoms with Gasteiger partial charge in [-0.2, -0.15) is 13.2 Å². The van der Waals surface area contributed by atoms with Crippen LogP contribution in [-0.4, -0.2) is 31.1 Å². The molecule has 0 bridgehead atoms. The molecule has 0 aliphatic heterocycles. The van der Waals surface area contributed by atoms with Crippen LogP contribution in [0.25, 0.3) is 0 Å². The number of rotatable bonds is 7. The number of aliphatic hydroxyl groups is 1. The summed E-state index contributed by atoms with van der Waals surface area (Å²) in [6.07, 6.45) is -2.95. The van der Waals surface area contributed by atoms with E-state index in [1.165, 1.54) is 0 Å². The zero-order chi connectivity index (χ0) is 26.1. The first-order valence-electron chi connectivity index (χ1n) is 11.4. The molecule has 1 atom stereocenters. The summed E-state index contributed by atoms with van der Waals surface area (Å²) in [5.74, 6) is -0.225. The van der Waals surface area contributed by atoms with E-state index in [0.717, 1.165) is 29.8 Å². The van der Waals surface area contributed by atoms with Gasteiger partial charge in [-0.15, -0.1) is 0 Å². The fraction of sp³-hybridized carbons (Fsp3) is 0.480. The summed E-state index contributed by atoms with van der Waals surface area (Å²) in [7, 11) is -4.01. The van der Waals surface area contributed by atoms with Crippen LogP contribution in [-0.2, 0) is 21.0 Å². The molecule has 3 rings (SSSR count). The van der Waals surface area contributed by atoms with E-state index in [2.05, 4.69) is 10.0 Å². The number of nitrogens with one attached hydrogen (secondary N) is 2. The van der Waals surface area contributed by atoms with E-state index in [-0.39, 0.29) is 10.8 Å². The van der Waals surface area contributed by atoms with Crippen molar-refractivity contribution >= 4 is 15.9 Å². The lowest BCUT2D eigenvalue weighted by Crippen LogP contribution is -2.50. The van der Waals surface area contributed by atoms with Gasteiger partial charge in [-0.3, -0.25) is 4.79 Å². The lowest BCUT2D eigenvalue weighted by molar-refractivity contribution is -0.137. The van der Waals surface area contributed by atoms with Crippen molar-refractivity contribution in [1.82, 2.24) is 10.0 Å². The van der Waals surface area contributed by atoms with Crippen LogP contribution in [0, 0.1) is 5.41 Å². The quantitative estimate of drug-likeness (QED) is 0.507. The molecule has 0 saturated heterocycles. The van der Waals surface area contributed by atoms with Crippen LogP contribution in [0.2, 0.25) is 0 Å². The van der Waals surface area contributed by atoms with Gasteiger partial charge in [-0.25, -0.2) is 13.1 Å². The van der Waals surface area contributed by atoms with E-state index in [1.807, 2.05) is 37.3 Å². The summed E-state index contributed by atoms with van der Waals surface area (Å²) in [6, 6.07) is 11.5. The largest absolute Gasteiger partial charge is 0.416 e. The summed E-state index contributed by atoms with van der Waals surface area (Å²) in [5, 5.41) is 13.6. The molecule has 192 valence electrons. The third-order valence-corrected chi connectivity index (χ3v) is 8.10. The highest BCUT2D eigenvalue weighted by Crippen LogP contribution is 2.38. The minimum atomic E-state index is -4.55. The Bertz CT molecular complexity index is 1120. The van der Waals surface area contributed by atoms with Gasteiger partial charge >= 0.3 is 6.18 Å². The molecule has 3 N–H and O–H groups in total. The molecule has 0 spiro atoms. The molecule has 2 aromatic carbocycles. The maximum atomic E-state index is 13.2. The van der Waals surface area contributed by atoms with Crippen LogP contribution in [0.4, 0.5) is 13.2 Å². The van der Waals surface area contributed by atoms with Gasteiger partial charge in [0.1, 0.15) is 0 Å². The minimum Gasteiger partial charge on any atom is -0.388 e. The number of halogens is 3. The van der Waals surface area contributed by atoms with E-state index in [1.54, 1.807) is 13.8 Å². The van der Waals surface area contributed by atoms with Crippen molar-refractivity contribution in [3.8, 4) is 0 Å². The van der Waals surface area contributed by atoms with Crippen molar-refractivity contribution in [2.45, 2.75) is 75.2 Å². The van der Waals surface area contributed by atoms with Gasteiger partial charge in [-0.1, -0.05) is 37.3 Å². The monoisotopic (exact) mass is 512 g/mol. The van der Waals surface area contributed by atoms with Crippen molar-refractivity contribution in [3.63, 3.8) is 0 Å². The summed E-state index contributed by atoms with van der Waals surface area (Å²) in [4.78, 5) is 13.0. The Kier molecular flexibility index (Phi) is 7.69. The summed E-state index contributed by atoms with van der Waals surface area (Å²) >= 11 is 0. The summed E-state index contributed by atoms with van der Waals surface area (Å²) < 4.78 is 66.2. The second kappa shape index (κ2) is 9.91. The molecule has 10 heteroatoms. The van der Waals surface area contributed by atoms with Gasteiger partial charge in [0.15, 0.2) is 0 Å². The number of amides is 1. The number of hydrogen-bond donors (Lipinski definition) is 3. The van der Waals surface area contributed by atoms with Crippen molar-refractivity contribution in [2.24, 2.45) is 5.41 Å². The number of alkyl halides is 3. The van der Waals surface area contributed by atoms with E-state index in [4.69, 9.17) is 0 Å². The third-order valence-electron chi connectivity index (χ3n) is 6.57. The molecule has 0 radical (unpaired) electrons. The van der Waals surface area contributed by atoms with Gasteiger partial charge in [0, 0.05) is 11.5 Å². The number of benzene rings is 2. The molecule has 1 saturated carbocycles. The molecule has 0 aromatic heterocycles. The van der Waals surface area contributed by atoms with Crippen LogP contribution < -0.4 is 10.0 Å². The second-order valence-corrected chi connectivity index (χ2v) is 11.7. The van der Waals surface area contributed by atoms with Crippen molar-refractivity contribution in [3.05, 3.63) is 65.7 Å². The maximum Gasteiger partial charge on any atom is 0.416 e. The highest BCUT2D eigenvalue weighted by Gasteiger charge is 2.41. The van der Waals surface area contributed by atoms with Crippen molar-refractivity contribution in [2.75, 3.05) is 0 Å². The van der Waals surface area contributed by atoms with E-state index in [9.17, 15) is 31.5 Å². The Morgan fingerprint density at radius 1 is 1.03 bits per heavy atom. The molecule has 0 unspecified atom stereocenters. The van der Waals surface area contributed by atoms with Crippen molar-refractivity contribution in [1.29, 1.82) is 0 Å². The summed E-state index contributed by atoms with van der Waals surface area (Å²) in [5.41, 5.74) is -2.11. The van der Waals surface area contributed by atoms with Crippen molar-refractivity contribution < 1.29 is 31.5 Å². The first-order valence-corrected chi connectivity index (χ1v) is 12.9. The fourth-order valence-corrected chi connectivity index (χ4v) is 5.63. The Morgan fingerprint density at radius 3 is 2.06 bits per heavy atom. The van der Waals surface area contributed by atoms with Crippen LogP contribution in [0.3, 0.4) is 0 Å². The highest BCUT2D eigenvalue weighted by atomic mass is 32.2. The minimum absolute atomic E-state index is 0.225. The first kappa shape index (κ1) is 27.2. The second-order valence-electron chi connectivity index (χ2n) is 9.95. The fourth-order valence-electron chi connectivity index (χ4n) is 4.33. The molecule has 35 heavy (non-hydrogen) atoms. The number of carbonyl (C=O) groups is 1. The van der Waals surface area contributed by atoms with Crippen LogP contribution in [0.1, 0.15) is 63.6 Å². The third kappa shape index (κ3) is 6.62. The molecule has 1 amide bonds. The average Bonchev–Trinajstić information content (AvgIpc) is 2.78. The predicted molar refractivity (Wildman–Crippen MR) is 126 cm³/mol.